The molecule has 0 aromatic heterocycles. The molecule has 2 fully saturated rings. The largest absolute Gasteiger partial charge is 0.381 e. The van der Waals surface area contributed by atoms with Gasteiger partial charge in [0.2, 0.25) is 0 Å². The van der Waals surface area contributed by atoms with Gasteiger partial charge in [0.05, 0.1) is 0 Å². The Kier molecular flexibility index (Phi) is 3.88. The van der Waals surface area contributed by atoms with Crippen molar-refractivity contribution in [2.24, 2.45) is 5.92 Å². The Morgan fingerprint density at radius 2 is 2.00 bits per heavy atom. The molecule has 3 heteroatoms. The van der Waals surface area contributed by atoms with E-state index in [1.165, 1.54) is 25.9 Å². The van der Waals surface area contributed by atoms with Crippen LogP contribution in [0.25, 0.3) is 0 Å². The highest BCUT2D eigenvalue weighted by molar-refractivity contribution is 4.92. The summed E-state index contributed by atoms with van der Waals surface area (Å²) < 4.78 is 5.43. The molecular weight excluding hydrogens is 200 g/mol. The summed E-state index contributed by atoms with van der Waals surface area (Å²) in [7, 11) is 0. The Morgan fingerprint density at radius 1 is 1.31 bits per heavy atom. The van der Waals surface area contributed by atoms with Crippen molar-refractivity contribution in [3.8, 4) is 0 Å². The number of hydrogen-bond donors (Lipinski definition) is 1. The second-order valence-electron chi connectivity index (χ2n) is 6.06. The molecule has 2 aliphatic rings. The fraction of sp³-hybridized carbons (Fsp3) is 1.00. The third-order valence-electron chi connectivity index (χ3n) is 4.05. The number of rotatable bonds is 2. The van der Waals surface area contributed by atoms with E-state index >= 15 is 0 Å². The van der Waals surface area contributed by atoms with Crippen molar-refractivity contribution >= 4 is 0 Å². The van der Waals surface area contributed by atoms with Crippen LogP contribution in [-0.4, -0.2) is 49.3 Å². The first-order valence-corrected chi connectivity index (χ1v) is 6.64. The second kappa shape index (κ2) is 5.03. The van der Waals surface area contributed by atoms with Gasteiger partial charge in [0.25, 0.3) is 0 Å². The molecule has 0 aliphatic carbocycles. The summed E-state index contributed by atoms with van der Waals surface area (Å²) in [5.41, 5.74) is 0.310. The van der Waals surface area contributed by atoms with Crippen LogP contribution in [0, 0.1) is 5.92 Å². The number of nitrogens with zero attached hydrogens (tertiary/aromatic N) is 1. The molecule has 2 rings (SSSR count). The summed E-state index contributed by atoms with van der Waals surface area (Å²) in [6.07, 6.45) is 2.49. The highest BCUT2D eigenvalue weighted by Gasteiger charge is 2.33. The summed E-state index contributed by atoms with van der Waals surface area (Å²) in [5.74, 6) is 0.846. The van der Waals surface area contributed by atoms with E-state index in [0.717, 1.165) is 25.7 Å². The van der Waals surface area contributed by atoms with Crippen molar-refractivity contribution in [2.45, 2.75) is 45.2 Å². The molecule has 0 radical (unpaired) electrons. The Morgan fingerprint density at radius 3 is 2.69 bits per heavy atom. The molecule has 0 amide bonds. The maximum absolute atomic E-state index is 5.43. The quantitative estimate of drug-likeness (QED) is 0.772. The smallest absolute Gasteiger partial charge is 0.0469 e. The van der Waals surface area contributed by atoms with Gasteiger partial charge in [-0.3, -0.25) is 4.90 Å². The van der Waals surface area contributed by atoms with Crippen molar-refractivity contribution in [3.05, 3.63) is 0 Å². The fourth-order valence-corrected chi connectivity index (χ4v) is 2.74. The maximum atomic E-state index is 5.43. The SMILES string of the molecule is CC1CN(CC2CCOCC2)C(C)(C)CN1. The lowest BCUT2D eigenvalue weighted by atomic mass is 9.93. The standard InChI is InChI=1S/C13H26N2O/c1-11-8-15(13(2,3)10-14-11)9-12-4-6-16-7-5-12/h11-12,14H,4-10H2,1-3H3. The first kappa shape index (κ1) is 12.3. The zero-order chi connectivity index (χ0) is 11.6. The molecule has 16 heavy (non-hydrogen) atoms. The number of ether oxygens (including phenoxy) is 1. The molecule has 0 spiro atoms. The summed E-state index contributed by atoms with van der Waals surface area (Å²) >= 11 is 0. The summed E-state index contributed by atoms with van der Waals surface area (Å²) in [4.78, 5) is 2.67. The molecule has 0 aromatic rings. The van der Waals surface area contributed by atoms with Gasteiger partial charge in [0, 0.05) is 44.4 Å². The molecule has 2 saturated heterocycles. The van der Waals surface area contributed by atoms with Gasteiger partial charge in [-0.05, 0) is 39.5 Å². The lowest BCUT2D eigenvalue weighted by molar-refractivity contribution is 0.0141. The zero-order valence-corrected chi connectivity index (χ0v) is 11.0. The summed E-state index contributed by atoms with van der Waals surface area (Å²) in [5, 5.41) is 3.57. The van der Waals surface area contributed by atoms with Gasteiger partial charge in [0.1, 0.15) is 0 Å². The first-order chi connectivity index (χ1) is 7.58. The van der Waals surface area contributed by atoms with Crippen LogP contribution in [-0.2, 0) is 4.74 Å². The van der Waals surface area contributed by atoms with E-state index < -0.39 is 0 Å². The molecule has 94 valence electrons. The third kappa shape index (κ3) is 2.96. The molecule has 2 aliphatic heterocycles. The first-order valence-electron chi connectivity index (χ1n) is 6.64. The van der Waals surface area contributed by atoms with E-state index in [1.54, 1.807) is 0 Å². The number of nitrogens with one attached hydrogen (secondary N) is 1. The topological polar surface area (TPSA) is 24.5 Å². The second-order valence-corrected chi connectivity index (χ2v) is 6.06. The van der Waals surface area contributed by atoms with Crippen molar-refractivity contribution in [3.63, 3.8) is 0 Å². The number of hydrogen-bond acceptors (Lipinski definition) is 3. The van der Waals surface area contributed by atoms with Gasteiger partial charge in [-0.1, -0.05) is 0 Å². The fourth-order valence-electron chi connectivity index (χ4n) is 2.74. The molecule has 1 N–H and O–H groups in total. The van der Waals surface area contributed by atoms with Crippen molar-refractivity contribution < 1.29 is 4.74 Å². The molecular formula is C13H26N2O. The highest BCUT2D eigenvalue weighted by atomic mass is 16.5. The van der Waals surface area contributed by atoms with Gasteiger partial charge in [0.15, 0.2) is 0 Å². The Labute approximate surface area is 99.5 Å². The summed E-state index contributed by atoms with van der Waals surface area (Å²) in [6, 6.07) is 0.632. The average molecular weight is 226 g/mol. The van der Waals surface area contributed by atoms with E-state index in [9.17, 15) is 0 Å². The van der Waals surface area contributed by atoms with Crippen LogP contribution in [0.15, 0.2) is 0 Å². The molecule has 1 atom stereocenters. The minimum absolute atomic E-state index is 0.310. The zero-order valence-electron chi connectivity index (χ0n) is 11.0. The van der Waals surface area contributed by atoms with Crippen LogP contribution in [0.2, 0.25) is 0 Å². The van der Waals surface area contributed by atoms with Gasteiger partial charge in [-0.25, -0.2) is 0 Å². The Bertz CT molecular complexity index is 224. The van der Waals surface area contributed by atoms with Gasteiger partial charge < -0.3 is 10.1 Å². The van der Waals surface area contributed by atoms with E-state index in [0.29, 0.717) is 11.6 Å². The van der Waals surface area contributed by atoms with Crippen LogP contribution in [0.1, 0.15) is 33.6 Å². The minimum atomic E-state index is 0.310. The summed E-state index contributed by atoms with van der Waals surface area (Å²) in [6.45, 7) is 12.5. The number of piperazine rings is 1. The van der Waals surface area contributed by atoms with Crippen LogP contribution < -0.4 is 5.32 Å². The highest BCUT2D eigenvalue weighted by Crippen LogP contribution is 2.23. The predicted octanol–water partition coefficient (Wildman–Crippen LogP) is 1.49. The average Bonchev–Trinajstić information content (AvgIpc) is 2.26. The predicted molar refractivity (Wildman–Crippen MR) is 66.7 cm³/mol. The van der Waals surface area contributed by atoms with Crippen molar-refractivity contribution in [2.75, 3.05) is 32.8 Å². The Hall–Kier alpha value is -0.120. The molecule has 0 bridgehead atoms. The van der Waals surface area contributed by atoms with Gasteiger partial charge in [-0.15, -0.1) is 0 Å². The van der Waals surface area contributed by atoms with Gasteiger partial charge >= 0.3 is 0 Å². The van der Waals surface area contributed by atoms with Crippen molar-refractivity contribution in [1.82, 2.24) is 10.2 Å². The van der Waals surface area contributed by atoms with E-state index in [-0.39, 0.29) is 0 Å². The van der Waals surface area contributed by atoms with Gasteiger partial charge in [-0.2, -0.15) is 0 Å². The molecule has 0 aromatic carbocycles. The van der Waals surface area contributed by atoms with E-state index in [2.05, 4.69) is 31.0 Å². The maximum Gasteiger partial charge on any atom is 0.0469 e. The third-order valence-corrected chi connectivity index (χ3v) is 4.05. The molecule has 2 heterocycles. The van der Waals surface area contributed by atoms with Crippen molar-refractivity contribution in [1.29, 1.82) is 0 Å². The normalized spacial score (nSPS) is 32.8. The Balaban J connectivity index is 1.90. The van der Waals surface area contributed by atoms with E-state index in [4.69, 9.17) is 4.74 Å². The van der Waals surface area contributed by atoms with Crippen LogP contribution in [0.3, 0.4) is 0 Å². The van der Waals surface area contributed by atoms with Crippen LogP contribution >= 0.6 is 0 Å². The molecule has 0 saturated carbocycles. The van der Waals surface area contributed by atoms with Crippen LogP contribution in [0.4, 0.5) is 0 Å². The monoisotopic (exact) mass is 226 g/mol. The lowest BCUT2D eigenvalue weighted by Crippen LogP contribution is -2.62. The van der Waals surface area contributed by atoms with E-state index in [1.807, 2.05) is 0 Å². The molecule has 1 unspecified atom stereocenters. The van der Waals surface area contributed by atoms with Crippen LogP contribution in [0.5, 0.6) is 0 Å². The lowest BCUT2D eigenvalue weighted by Gasteiger charge is -2.47. The minimum Gasteiger partial charge on any atom is -0.381 e. The molecule has 3 nitrogen and oxygen atoms in total.